The maximum Gasteiger partial charge on any atom is 0.311 e. The number of carbonyl (C=O) groups is 4. The van der Waals surface area contributed by atoms with Crippen molar-refractivity contribution in [2.75, 3.05) is 0 Å². The summed E-state index contributed by atoms with van der Waals surface area (Å²) in [5.41, 5.74) is -5.26. The Morgan fingerprint density at radius 3 is 1.50 bits per heavy atom. The van der Waals surface area contributed by atoms with Crippen LogP contribution in [0, 0.1) is 28.1 Å². The molecule has 1 aliphatic carbocycles. The quantitative estimate of drug-likeness (QED) is 0.508. The van der Waals surface area contributed by atoms with Crippen LogP contribution in [0.2, 0.25) is 0 Å². The van der Waals surface area contributed by atoms with Gasteiger partial charge in [0.05, 0.1) is 22.7 Å². The van der Waals surface area contributed by atoms with Gasteiger partial charge in [0.1, 0.15) is 0 Å². The maximum absolute atomic E-state index is 12.6. The number of carboxylic acids is 4. The summed E-state index contributed by atoms with van der Waals surface area (Å²) in [7, 11) is 0. The molecule has 4 N–H and O–H groups in total. The summed E-state index contributed by atoms with van der Waals surface area (Å²) in [6.07, 6.45) is -0.605. The van der Waals surface area contributed by atoms with Gasteiger partial charge in [-0.15, -0.1) is 0 Å². The molecule has 0 aromatic rings. The standard InChI is InChI=1S/C18H28O8/c1-5-16(6-2)11(13(21)22)10(12(19)20)9-17(7-3,14(23)24)18(16,8-4)15(25)26/h10-11H,5-9H2,1-4H3,(H,19,20)(H,21,22)(H,23,24)(H,25,26). The number of rotatable bonds is 8. The highest BCUT2D eigenvalue weighted by molar-refractivity contribution is 5.92. The lowest BCUT2D eigenvalue weighted by Crippen LogP contribution is -2.69. The number of hydrogen-bond acceptors (Lipinski definition) is 4. The maximum atomic E-state index is 12.6. The van der Waals surface area contributed by atoms with Crippen molar-refractivity contribution in [2.45, 2.75) is 59.8 Å². The van der Waals surface area contributed by atoms with Crippen molar-refractivity contribution in [1.82, 2.24) is 0 Å². The molecule has 0 spiro atoms. The fraction of sp³-hybridized carbons (Fsp3) is 0.778. The Hall–Kier alpha value is -2.12. The largest absolute Gasteiger partial charge is 0.481 e. The molecule has 1 rings (SSSR count). The Bertz CT molecular complexity index is 608. The minimum absolute atomic E-state index is 0.0550. The van der Waals surface area contributed by atoms with Crippen molar-refractivity contribution in [3.05, 3.63) is 0 Å². The minimum Gasteiger partial charge on any atom is -0.481 e. The molecule has 4 unspecified atom stereocenters. The van der Waals surface area contributed by atoms with E-state index >= 15 is 0 Å². The lowest BCUT2D eigenvalue weighted by atomic mass is 9.37. The Morgan fingerprint density at radius 1 is 0.769 bits per heavy atom. The van der Waals surface area contributed by atoms with E-state index in [1.807, 2.05) is 0 Å². The van der Waals surface area contributed by atoms with Gasteiger partial charge in [-0.25, -0.2) is 0 Å². The van der Waals surface area contributed by atoms with Crippen LogP contribution in [0.1, 0.15) is 59.8 Å². The molecule has 148 valence electrons. The fourth-order valence-corrected chi connectivity index (χ4v) is 5.85. The van der Waals surface area contributed by atoms with Crippen LogP contribution in [0.15, 0.2) is 0 Å². The van der Waals surface area contributed by atoms with Gasteiger partial charge < -0.3 is 20.4 Å². The third-order valence-electron chi connectivity index (χ3n) is 6.99. The molecule has 0 amide bonds. The van der Waals surface area contributed by atoms with E-state index in [1.54, 1.807) is 20.8 Å². The molecule has 1 saturated carbocycles. The molecule has 0 aliphatic heterocycles. The summed E-state index contributed by atoms with van der Waals surface area (Å²) in [6.45, 7) is 6.29. The van der Waals surface area contributed by atoms with Crippen LogP contribution in [0.4, 0.5) is 0 Å². The molecule has 0 heterocycles. The van der Waals surface area contributed by atoms with Gasteiger partial charge >= 0.3 is 23.9 Å². The van der Waals surface area contributed by atoms with Gasteiger partial charge in [-0.3, -0.25) is 19.2 Å². The van der Waals surface area contributed by atoms with Crippen molar-refractivity contribution >= 4 is 23.9 Å². The van der Waals surface area contributed by atoms with Gasteiger partial charge in [0.15, 0.2) is 0 Å². The summed E-state index contributed by atoms with van der Waals surface area (Å²) >= 11 is 0. The van der Waals surface area contributed by atoms with Crippen LogP contribution in [0.25, 0.3) is 0 Å². The van der Waals surface area contributed by atoms with E-state index in [0.717, 1.165) is 0 Å². The summed E-state index contributed by atoms with van der Waals surface area (Å²) < 4.78 is 0. The van der Waals surface area contributed by atoms with Crippen molar-refractivity contribution < 1.29 is 39.6 Å². The predicted molar refractivity (Wildman–Crippen MR) is 90.6 cm³/mol. The van der Waals surface area contributed by atoms with Crippen LogP contribution in [0.3, 0.4) is 0 Å². The van der Waals surface area contributed by atoms with Crippen molar-refractivity contribution in [3.63, 3.8) is 0 Å². The minimum atomic E-state index is -1.89. The normalized spacial score (nSPS) is 33.4. The van der Waals surface area contributed by atoms with Gasteiger partial charge in [0.2, 0.25) is 0 Å². The first kappa shape index (κ1) is 21.9. The van der Waals surface area contributed by atoms with E-state index in [9.17, 15) is 39.6 Å². The van der Waals surface area contributed by atoms with E-state index < -0.39 is 58.4 Å². The van der Waals surface area contributed by atoms with E-state index in [-0.39, 0.29) is 25.7 Å². The Kier molecular flexibility index (Phi) is 6.11. The van der Waals surface area contributed by atoms with Gasteiger partial charge in [0, 0.05) is 5.41 Å². The third-order valence-corrected chi connectivity index (χ3v) is 6.99. The highest BCUT2D eigenvalue weighted by atomic mass is 16.4. The predicted octanol–water partition coefficient (Wildman–Crippen LogP) is 2.56. The number of aliphatic carboxylic acids is 4. The molecule has 4 atom stereocenters. The molecule has 8 heteroatoms. The zero-order chi connectivity index (χ0) is 20.5. The molecule has 0 aromatic heterocycles. The van der Waals surface area contributed by atoms with Gasteiger partial charge in [0.25, 0.3) is 0 Å². The zero-order valence-electron chi connectivity index (χ0n) is 15.6. The molecule has 26 heavy (non-hydrogen) atoms. The second-order valence-corrected chi connectivity index (χ2v) is 7.13. The molecule has 1 fully saturated rings. The zero-order valence-corrected chi connectivity index (χ0v) is 15.6. The van der Waals surface area contributed by atoms with Crippen LogP contribution in [0.5, 0.6) is 0 Å². The monoisotopic (exact) mass is 372 g/mol. The number of hydrogen-bond donors (Lipinski definition) is 4. The van der Waals surface area contributed by atoms with Gasteiger partial charge in [-0.2, -0.15) is 0 Å². The highest BCUT2D eigenvalue weighted by Crippen LogP contribution is 2.69. The first-order chi connectivity index (χ1) is 12.0. The van der Waals surface area contributed by atoms with E-state index in [2.05, 4.69) is 0 Å². The van der Waals surface area contributed by atoms with Crippen LogP contribution < -0.4 is 0 Å². The lowest BCUT2D eigenvalue weighted by molar-refractivity contribution is -0.229. The topological polar surface area (TPSA) is 149 Å². The summed E-state index contributed by atoms with van der Waals surface area (Å²) in [6, 6.07) is 0. The molecule has 0 bridgehead atoms. The van der Waals surface area contributed by atoms with Crippen molar-refractivity contribution in [3.8, 4) is 0 Å². The SMILES string of the molecule is CCC1(C(=O)O)CC(C(=O)O)C(C(=O)O)C(CC)(CC)C1(CC)C(=O)O. The summed E-state index contributed by atoms with van der Waals surface area (Å²) in [5.74, 6) is -8.51. The molecule has 0 radical (unpaired) electrons. The summed E-state index contributed by atoms with van der Waals surface area (Å²) in [5, 5.41) is 39.8. The lowest BCUT2D eigenvalue weighted by Gasteiger charge is -2.62. The Morgan fingerprint density at radius 2 is 1.27 bits per heavy atom. The third kappa shape index (κ3) is 2.41. The average Bonchev–Trinajstić information content (AvgIpc) is 2.58. The molecular formula is C18H28O8. The fourth-order valence-electron chi connectivity index (χ4n) is 5.85. The molecule has 0 saturated heterocycles. The van der Waals surface area contributed by atoms with Gasteiger partial charge in [-0.1, -0.05) is 27.7 Å². The van der Waals surface area contributed by atoms with Crippen molar-refractivity contribution in [1.29, 1.82) is 0 Å². The molecule has 0 aromatic carbocycles. The second kappa shape index (κ2) is 7.25. The van der Waals surface area contributed by atoms with Crippen molar-refractivity contribution in [2.24, 2.45) is 28.1 Å². The second-order valence-electron chi connectivity index (χ2n) is 7.13. The van der Waals surface area contributed by atoms with Gasteiger partial charge in [-0.05, 0) is 32.1 Å². The summed E-state index contributed by atoms with van der Waals surface area (Å²) in [4.78, 5) is 48.9. The Labute approximate surface area is 152 Å². The highest BCUT2D eigenvalue weighted by Gasteiger charge is 2.75. The van der Waals surface area contributed by atoms with E-state index in [1.165, 1.54) is 6.92 Å². The van der Waals surface area contributed by atoms with E-state index in [0.29, 0.717) is 0 Å². The molecule has 1 aliphatic rings. The first-order valence-corrected chi connectivity index (χ1v) is 8.91. The Balaban J connectivity index is 4.11. The van der Waals surface area contributed by atoms with Crippen LogP contribution >= 0.6 is 0 Å². The van der Waals surface area contributed by atoms with Crippen LogP contribution in [-0.2, 0) is 19.2 Å². The van der Waals surface area contributed by atoms with E-state index in [4.69, 9.17) is 0 Å². The number of carboxylic acid groups (broad SMARTS) is 4. The molecule has 8 nitrogen and oxygen atoms in total. The molecular weight excluding hydrogens is 344 g/mol. The average molecular weight is 372 g/mol. The smallest absolute Gasteiger partial charge is 0.311 e. The first-order valence-electron chi connectivity index (χ1n) is 8.91. The van der Waals surface area contributed by atoms with Crippen LogP contribution in [-0.4, -0.2) is 44.3 Å².